The number of halogens is 3. The van der Waals surface area contributed by atoms with E-state index >= 15 is 0 Å². The van der Waals surface area contributed by atoms with Gasteiger partial charge in [0, 0.05) is 24.9 Å². The molecule has 0 heterocycles. The third-order valence-electron chi connectivity index (χ3n) is 12.1. The number of carbonyl (C=O) groups excluding carboxylic acids is 11. The van der Waals surface area contributed by atoms with Crippen LogP contribution in [0.3, 0.4) is 0 Å². The van der Waals surface area contributed by atoms with Crippen molar-refractivity contribution >= 4 is 70.7 Å². The van der Waals surface area contributed by atoms with E-state index < -0.39 is 174 Å². The maximum absolute atomic E-state index is 14.8. The Morgan fingerprint density at radius 1 is 0.512 bits per heavy atom. The fraction of sp³-hybridized carbons (Fsp3) is 0.617. The van der Waals surface area contributed by atoms with E-state index in [9.17, 15) is 65.9 Å². The van der Waals surface area contributed by atoms with Crippen LogP contribution in [0.5, 0.6) is 0 Å². The van der Waals surface area contributed by atoms with Gasteiger partial charge in [0.2, 0.25) is 41.2 Å². The predicted octanol–water partition coefficient (Wildman–Crippen LogP) is 6.29. The van der Waals surface area contributed by atoms with E-state index in [0.29, 0.717) is 16.7 Å². The van der Waals surface area contributed by atoms with Crippen LogP contribution in [-0.4, -0.2) is 124 Å². The molecule has 0 aliphatic heterocycles. The van der Waals surface area contributed by atoms with Gasteiger partial charge in [-0.2, -0.15) is 13.2 Å². The number of Topliss-reactive ketones (excluding diaryl/α,β-unsaturated/α-hetero) is 1. The number of hydrogen-bond donors (Lipinski definition) is 7. The number of alkyl halides is 3. The third kappa shape index (κ3) is 27.8. The Morgan fingerprint density at radius 3 is 1.52 bits per heavy atom. The third-order valence-corrected chi connectivity index (χ3v) is 12.1. The second kappa shape index (κ2) is 30.9. The Kier molecular flexibility index (Phi) is 26.8. The Morgan fingerprint density at radius 2 is 1.00 bits per heavy atom. The number of aryl methyl sites for hydroxylation is 3. The molecular formula is C60H88F3N7O14. The van der Waals surface area contributed by atoms with Crippen LogP contribution in [-0.2, 0) is 73.4 Å². The summed E-state index contributed by atoms with van der Waals surface area (Å²) < 4.78 is 58.2. The van der Waals surface area contributed by atoms with Gasteiger partial charge < -0.3 is 51.4 Å². The fourth-order valence-electron chi connectivity index (χ4n) is 8.26. The summed E-state index contributed by atoms with van der Waals surface area (Å²) in [5.41, 5.74) is -1.40. The zero-order valence-electron chi connectivity index (χ0n) is 51.6. The van der Waals surface area contributed by atoms with Gasteiger partial charge in [-0.3, -0.25) is 52.7 Å². The van der Waals surface area contributed by atoms with Gasteiger partial charge in [0.1, 0.15) is 53.1 Å². The molecule has 2 aromatic carbocycles. The highest BCUT2D eigenvalue weighted by atomic mass is 19.4. The van der Waals surface area contributed by atoms with Crippen molar-refractivity contribution in [1.29, 1.82) is 0 Å². The van der Waals surface area contributed by atoms with Crippen molar-refractivity contribution in [1.82, 2.24) is 31.9 Å². The minimum Gasteiger partial charge on any atom is -0.460 e. The summed E-state index contributed by atoms with van der Waals surface area (Å²) in [5, 5.41) is 17.1. The predicted molar refractivity (Wildman–Crippen MR) is 306 cm³/mol. The number of benzene rings is 2. The van der Waals surface area contributed by atoms with Gasteiger partial charge in [0.25, 0.3) is 5.91 Å². The molecule has 0 bridgehead atoms. The molecule has 0 saturated heterocycles. The Labute approximate surface area is 490 Å². The van der Waals surface area contributed by atoms with E-state index in [4.69, 9.17) is 14.2 Å². The summed E-state index contributed by atoms with van der Waals surface area (Å²) in [5.74, 6) is -12.1. The minimum absolute atomic E-state index is 0.153. The smallest absolute Gasteiger partial charge is 0.391 e. The van der Waals surface area contributed by atoms with Gasteiger partial charge in [-0.25, -0.2) is 0 Å². The molecule has 2 rings (SSSR count). The second-order valence-corrected chi connectivity index (χ2v) is 25.4. The average Bonchev–Trinajstić information content (AvgIpc) is 3.53. The van der Waals surface area contributed by atoms with E-state index in [1.165, 1.54) is 6.07 Å². The topological polar surface area (TPSA) is 300 Å². The molecule has 0 radical (unpaired) electrons. The quantitative estimate of drug-likeness (QED) is 0.0294. The molecular weight excluding hydrogens is 1100 g/mol. The van der Waals surface area contributed by atoms with E-state index in [2.05, 4.69) is 31.9 Å². The first-order valence-corrected chi connectivity index (χ1v) is 27.8. The number of amides is 7. The molecule has 7 amide bonds. The van der Waals surface area contributed by atoms with Crippen molar-refractivity contribution in [3.63, 3.8) is 0 Å². The largest absolute Gasteiger partial charge is 0.460 e. The first-order chi connectivity index (χ1) is 38.3. The highest BCUT2D eigenvalue weighted by molar-refractivity contribution is 6.42. The molecule has 0 aliphatic carbocycles. The van der Waals surface area contributed by atoms with E-state index in [0.717, 1.165) is 5.56 Å². The summed E-state index contributed by atoms with van der Waals surface area (Å²) in [7, 11) is 0. The fourth-order valence-corrected chi connectivity index (χ4v) is 8.26. The number of esters is 3. The number of nitrogens with one attached hydrogen (secondary N) is 7. The zero-order chi connectivity index (χ0) is 64.5. The monoisotopic (exact) mass is 1190 g/mol. The number of ketones is 1. The minimum atomic E-state index is -5.05. The molecule has 1 unspecified atom stereocenters. The van der Waals surface area contributed by atoms with E-state index in [1.807, 2.05) is 5.32 Å². The number of rotatable bonds is 27. The number of hydrogen-bond acceptors (Lipinski definition) is 14. The van der Waals surface area contributed by atoms with Crippen LogP contribution in [0.2, 0.25) is 0 Å². The lowest BCUT2D eigenvalue weighted by atomic mass is 9.85. The molecule has 0 spiro atoms. The van der Waals surface area contributed by atoms with Crippen molar-refractivity contribution in [2.75, 3.05) is 5.32 Å². The second-order valence-electron chi connectivity index (χ2n) is 25.4. The molecule has 84 heavy (non-hydrogen) atoms. The number of carbonyl (C=O) groups is 11. The highest BCUT2D eigenvalue weighted by Crippen LogP contribution is 2.25. The lowest BCUT2D eigenvalue weighted by Gasteiger charge is -2.34. The Hall–Kier alpha value is -7.40. The molecule has 0 aromatic heterocycles. The van der Waals surface area contributed by atoms with Crippen molar-refractivity contribution < 1.29 is 80.1 Å². The normalized spacial score (nSPS) is 14.2. The zero-order valence-corrected chi connectivity index (χ0v) is 51.6. The van der Waals surface area contributed by atoms with Crippen LogP contribution in [0.25, 0.3) is 0 Å². The molecule has 468 valence electrons. The average molecular weight is 1190 g/mol. The number of ether oxygens (including phenoxy) is 3. The van der Waals surface area contributed by atoms with Gasteiger partial charge in [-0.15, -0.1) is 0 Å². The van der Waals surface area contributed by atoms with E-state index in [-0.39, 0.29) is 18.5 Å². The molecule has 0 saturated carbocycles. The van der Waals surface area contributed by atoms with Crippen molar-refractivity contribution in [3.8, 4) is 0 Å². The van der Waals surface area contributed by atoms with Crippen molar-refractivity contribution in [2.45, 2.75) is 228 Å². The molecule has 0 aliphatic rings. The van der Waals surface area contributed by atoms with Crippen LogP contribution in [0.1, 0.15) is 164 Å². The Bertz CT molecular complexity index is 2700. The first-order valence-electron chi connectivity index (χ1n) is 27.8. The van der Waals surface area contributed by atoms with Crippen LogP contribution < -0.4 is 37.2 Å². The molecule has 24 heteroatoms. The summed E-state index contributed by atoms with van der Waals surface area (Å²) >= 11 is 0. The van der Waals surface area contributed by atoms with Crippen LogP contribution in [0, 0.1) is 32.1 Å². The lowest BCUT2D eigenvalue weighted by Crippen LogP contribution is -2.62. The Balaban J connectivity index is 2.64. The molecule has 21 nitrogen and oxygen atoms in total. The summed E-state index contributed by atoms with van der Waals surface area (Å²) in [6, 6.07) is 0.963. The van der Waals surface area contributed by atoms with Gasteiger partial charge >= 0.3 is 24.1 Å². The molecule has 6 atom stereocenters. The number of anilines is 1. The van der Waals surface area contributed by atoms with Crippen LogP contribution in [0.4, 0.5) is 18.9 Å². The van der Waals surface area contributed by atoms with Crippen molar-refractivity contribution in [3.05, 3.63) is 64.7 Å². The summed E-state index contributed by atoms with van der Waals surface area (Å²) in [6.45, 7) is 27.5. The molecule has 2 aromatic rings. The van der Waals surface area contributed by atoms with Gasteiger partial charge in [0.15, 0.2) is 0 Å². The van der Waals surface area contributed by atoms with E-state index in [1.54, 1.807) is 154 Å². The lowest BCUT2D eigenvalue weighted by molar-refractivity contribution is -0.158. The maximum atomic E-state index is 14.8. The molecule has 7 N–H and O–H groups in total. The van der Waals surface area contributed by atoms with Gasteiger partial charge in [0.05, 0.1) is 19.3 Å². The van der Waals surface area contributed by atoms with Crippen LogP contribution >= 0.6 is 0 Å². The van der Waals surface area contributed by atoms with Gasteiger partial charge in [-0.05, 0) is 130 Å². The summed E-state index contributed by atoms with van der Waals surface area (Å²) in [4.78, 5) is 151. The standard InChI is InChI=1S/C60H88F3N7O14/c1-33(2)28-40(51(77)69-43(32-60(61,62)63)48(75)54(80)65-38-23-22-34(3)29-36(38)5)68-55(81)49(56(6,7)8)70-53(79)41(30-37-21-19-18-20-35(37)4)67-50(76)39(24-26-45(72)82-57(9,10)11)66-52(78)42(31-47(74)84-59(15,16)17)64-44(71)25-27-46(73)83-58(12,13)14/h18-23,29,33,39-43,49H,24-28,30-32H2,1-17H3,(H,64,71)(H,65,80)(H,66,78)(H,67,76)(H,68,81)(H,69,77)(H,70,79)/t39-,40-,41-,42-,43?,49+/m0/s1. The maximum Gasteiger partial charge on any atom is 0.391 e. The molecule has 0 fully saturated rings. The highest BCUT2D eigenvalue weighted by Gasteiger charge is 2.42. The van der Waals surface area contributed by atoms with Crippen molar-refractivity contribution in [2.24, 2.45) is 11.3 Å². The summed E-state index contributed by atoms with van der Waals surface area (Å²) in [6.07, 6.45) is -9.98. The first kappa shape index (κ1) is 72.7. The SMILES string of the molecule is Cc1ccc(NC(=O)C(=O)C(CC(F)(F)F)NC(=O)[C@H](CC(C)C)NC(=O)[C@@H](NC(=O)[C@H](Cc2ccccc2C)NC(=O)[C@H](CCC(=O)OC(C)(C)C)NC(=O)[C@H](CC(=O)OC(C)(C)C)NC(=O)CCC(=O)OC(C)(C)C)C(C)(C)C)c(C)c1. The van der Waals surface area contributed by atoms with Crippen LogP contribution in [0.15, 0.2) is 42.5 Å². The van der Waals surface area contributed by atoms with Gasteiger partial charge in [-0.1, -0.05) is 76.6 Å².